The van der Waals surface area contributed by atoms with Crippen LogP contribution in [0.1, 0.15) is 5.56 Å². The quantitative estimate of drug-likeness (QED) is 0.872. The number of alkyl halides is 3. The molecule has 0 aliphatic carbocycles. The molecule has 2 N–H and O–H groups in total. The molecule has 0 bridgehead atoms. The van der Waals surface area contributed by atoms with Gasteiger partial charge < -0.3 is 0 Å². The molecular weight excluding hydrogens is 243 g/mol. The number of primary sulfonamides is 1. The van der Waals surface area contributed by atoms with Gasteiger partial charge in [0.2, 0.25) is 10.0 Å². The van der Waals surface area contributed by atoms with Crippen molar-refractivity contribution < 1.29 is 21.6 Å². The number of halogens is 3. The molecule has 0 spiro atoms. The third-order valence-corrected chi connectivity index (χ3v) is 2.66. The van der Waals surface area contributed by atoms with E-state index in [1.54, 1.807) is 0 Å². The highest BCUT2D eigenvalue weighted by molar-refractivity contribution is 7.89. The minimum absolute atomic E-state index is 0.0446. The van der Waals surface area contributed by atoms with Gasteiger partial charge in [-0.05, 0) is 17.7 Å². The van der Waals surface area contributed by atoms with E-state index in [1.165, 1.54) is 18.2 Å². The average molecular weight is 251 g/mol. The molecular formula is C9H8F3NO2S. The second-order valence-corrected chi connectivity index (χ2v) is 4.49. The van der Waals surface area contributed by atoms with E-state index in [-0.39, 0.29) is 16.5 Å². The normalized spacial score (nSPS) is 13.2. The summed E-state index contributed by atoms with van der Waals surface area (Å²) < 4.78 is 57.8. The summed E-state index contributed by atoms with van der Waals surface area (Å²) in [5.41, 5.74) is -0.0951. The van der Waals surface area contributed by atoms with Gasteiger partial charge >= 0.3 is 6.18 Å². The Hall–Kier alpha value is -1.34. The van der Waals surface area contributed by atoms with Crippen molar-refractivity contribution in [3.05, 3.63) is 35.9 Å². The van der Waals surface area contributed by atoms with Crippen LogP contribution >= 0.6 is 0 Å². The topological polar surface area (TPSA) is 60.2 Å². The molecule has 0 atom stereocenters. The average Bonchev–Trinajstić information content (AvgIpc) is 2.12. The SMILES string of the molecule is NS(=O)(=O)c1ccccc1C=CC(F)(F)F. The van der Waals surface area contributed by atoms with E-state index in [2.05, 4.69) is 0 Å². The van der Waals surface area contributed by atoms with E-state index >= 15 is 0 Å². The summed E-state index contributed by atoms with van der Waals surface area (Å²) in [6.07, 6.45) is -3.87. The van der Waals surface area contributed by atoms with Crippen molar-refractivity contribution in [2.24, 2.45) is 5.14 Å². The highest BCUT2D eigenvalue weighted by Crippen LogP contribution is 2.21. The fraction of sp³-hybridized carbons (Fsp3) is 0.111. The third kappa shape index (κ3) is 3.67. The molecule has 0 aromatic heterocycles. The minimum Gasteiger partial charge on any atom is -0.225 e. The van der Waals surface area contributed by atoms with E-state index < -0.39 is 16.2 Å². The summed E-state index contributed by atoms with van der Waals surface area (Å²) in [6, 6.07) is 5.18. The first-order valence-corrected chi connectivity index (χ1v) is 5.62. The lowest BCUT2D eigenvalue weighted by Gasteiger charge is -2.03. The number of sulfonamides is 1. The number of benzene rings is 1. The summed E-state index contributed by atoms with van der Waals surface area (Å²) in [7, 11) is -4.02. The lowest BCUT2D eigenvalue weighted by Crippen LogP contribution is -2.13. The predicted molar refractivity (Wildman–Crippen MR) is 52.9 cm³/mol. The molecule has 0 saturated heterocycles. The van der Waals surface area contributed by atoms with Crippen molar-refractivity contribution in [2.45, 2.75) is 11.1 Å². The molecule has 0 heterocycles. The lowest BCUT2D eigenvalue weighted by atomic mass is 10.2. The van der Waals surface area contributed by atoms with Gasteiger partial charge in [0, 0.05) is 6.08 Å². The van der Waals surface area contributed by atoms with Crippen LogP contribution in [0, 0.1) is 0 Å². The Morgan fingerprint density at radius 1 is 1.19 bits per heavy atom. The zero-order valence-electron chi connectivity index (χ0n) is 7.90. The Kier molecular flexibility index (Phi) is 3.39. The van der Waals surface area contributed by atoms with Crippen molar-refractivity contribution in [3.63, 3.8) is 0 Å². The number of hydrogen-bond acceptors (Lipinski definition) is 2. The smallest absolute Gasteiger partial charge is 0.225 e. The molecule has 0 radical (unpaired) electrons. The highest BCUT2D eigenvalue weighted by atomic mass is 32.2. The van der Waals surface area contributed by atoms with Crippen LogP contribution < -0.4 is 5.14 Å². The molecule has 0 amide bonds. The first-order chi connectivity index (χ1) is 7.20. The van der Waals surface area contributed by atoms with Gasteiger partial charge in [0.15, 0.2) is 0 Å². The molecule has 1 rings (SSSR count). The summed E-state index contributed by atoms with van der Waals surface area (Å²) in [5.74, 6) is 0. The number of nitrogens with two attached hydrogens (primary N) is 1. The monoisotopic (exact) mass is 251 g/mol. The Balaban J connectivity index is 3.21. The van der Waals surface area contributed by atoms with Crippen LogP contribution in [0.3, 0.4) is 0 Å². The van der Waals surface area contributed by atoms with Gasteiger partial charge in [0.25, 0.3) is 0 Å². The van der Waals surface area contributed by atoms with Crippen molar-refractivity contribution >= 4 is 16.1 Å². The van der Waals surface area contributed by atoms with Gasteiger partial charge in [-0.2, -0.15) is 13.2 Å². The zero-order chi connectivity index (χ0) is 12.4. The predicted octanol–water partition coefficient (Wildman–Crippen LogP) is 1.91. The van der Waals surface area contributed by atoms with Crippen LogP contribution in [0.2, 0.25) is 0 Å². The number of hydrogen-bond donors (Lipinski definition) is 1. The van der Waals surface area contributed by atoms with Gasteiger partial charge in [-0.1, -0.05) is 18.2 Å². The Labute approximate surface area is 90.4 Å². The molecule has 0 saturated carbocycles. The van der Waals surface area contributed by atoms with Gasteiger partial charge in [0.05, 0.1) is 4.90 Å². The lowest BCUT2D eigenvalue weighted by molar-refractivity contribution is -0.0790. The molecule has 0 unspecified atom stereocenters. The van der Waals surface area contributed by atoms with Crippen molar-refractivity contribution in [1.29, 1.82) is 0 Å². The Morgan fingerprint density at radius 3 is 2.25 bits per heavy atom. The van der Waals surface area contributed by atoms with Crippen LogP contribution in [0.4, 0.5) is 13.2 Å². The van der Waals surface area contributed by atoms with Crippen LogP contribution in [0.15, 0.2) is 35.2 Å². The van der Waals surface area contributed by atoms with Gasteiger partial charge in [-0.3, -0.25) is 0 Å². The minimum atomic E-state index is -4.49. The van der Waals surface area contributed by atoms with Crippen molar-refractivity contribution in [1.82, 2.24) is 0 Å². The Bertz CT molecular complexity index is 506. The van der Waals surface area contributed by atoms with Gasteiger partial charge in [-0.15, -0.1) is 0 Å². The summed E-state index contributed by atoms with van der Waals surface area (Å²) in [6.45, 7) is 0. The summed E-state index contributed by atoms with van der Waals surface area (Å²) in [4.78, 5) is -0.337. The number of rotatable bonds is 2. The van der Waals surface area contributed by atoms with Crippen LogP contribution in [0.5, 0.6) is 0 Å². The molecule has 3 nitrogen and oxygen atoms in total. The Morgan fingerprint density at radius 2 is 1.75 bits per heavy atom. The fourth-order valence-electron chi connectivity index (χ4n) is 1.06. The van der Waals surface area contributed by atoms with Crippen LogP contribution in [0.25, 0.3) is 6.08 Å². The maximum absolute atomic E-state index is 11.9. The molecule has 0 aliphatic heterocycles. The van der Waals surface area contributed by atoms with Gasteiger partial charge in [-0.25, -0.2) is 13.6 Å². The second kappa shape index (κ2) is 4.26. The molecule has 0 aliphatic rings. The molecule has 1 aromatic rings. The fourth-order valence-corrected chi connectivity index (χ4v) is 1.79. The number of allylic oxidation sites excluding steroid dienone is 1. The standard InChI is InChI=1S/C9H8F3NO2S/c10-9(11,12)6-5-7-3-1-2-4-8(7)16(13,14)15/h1-6H,(H2,13,14,15). The molecule has 1 aromatic carbocycles. The highest BCUT2D eigenvalue weighted by Gasteiger charge is 2.22. The van der Waals surface area contributed by atoms with E-state index in [0.29, 0.717) is 6.08 Å². The largest absolute Gasteiger partial charge is 0.409 e. The van der Waals surface area contributed by atoms with Crippen LogP contribution in [-0.2, 0) is 10.0 Å². The van der Waals surface area contributed by atoms with E-state index in [9.17, 15) is 21.6 Å². The maximum Gasteiger partial charge on any atom is 0.409 e. The third-order valence-electron chi connectivity index (χ3n) is 1.68. The first kappa shape index (κ1) is 12.7. The van der Waals surface area contributed by atoms with E-state index in [1.807, 2.05) is 0 Å². The van der Waals surface area contributed by atoms with Crippen LogP contribution in [-0.4, -0.2) is 14.6 Å². The second-order valence-electron chi connectivity index (χ2n) is 2.96. The van der Waals surface area contributed by atoms with Crippen molar-refractivity contribution in [3.8, 4) is 0 Å². The summed E-state index contributed by atoms with van der Waals surface area (Å²) in [5, 5.41) is 4.85. The summed E-state index contributed by atoms with van der Waals surface area (Å²) >= 11 is 0. The van der Waals surface area contributed by atoms with Crippen molar-refractivity contribution in [2.75, 3.05) is 0 Å². The maximum atomic E-state index is 11.9. The molecule has 0 fully saturated rings. The molecule has 88 valence electrons. The molecule has 7 heteroatoms. The van der Waals surface area contributed by atoms with E-state index in [4.69, 9.17) is 5.14 Å². The zero-order valence-corrected chi connectivity index (χ0v) is 8.72. The molecule has 16 heavy (non-hydrogen) atoms. The van der Waals surface area contributed by atoms with Gasteiger partial charge in [0.1, 0.15) is 0 Å². The first-order valence-electron chi connectivity index (χ1n) is 4.08. The van der Waals surface area contributed by atoms with E-state index in [0.717, 1.165) is 6.07 Å².